The number of hydrogen-bond donors (Lipinski definition) is 0. The smallest absolute Gasteiger partial charge is 0.343 e. The molecule has 0 unspecified atom stereocenters. The van der Waals surface area contributed by atoms with Gasteiger partial charge in [0.1, 0.15) is 5.69 Å². The molecule has 3 aromatic carbocycles. The normalized spacial score (nSPS) is 11.2. The Morgan fingerprint density at radius 1 is 0.789 bits per heavy atom. The number of nitrogens with one attached hydrogen (secondary N) is 1. The SMILES string of the molecule is Cc1cccc2[n+]1[C-](C)[C-](C)c1ccccc1-2.N#Cc1ccc(-c2cccc(-c3[c-]cccc3)[nH+]2)cc1.[Sr+2]. The van der Waals surface area contributed by atoms with Crippen LogP contribution in [0.4, 0.5) is 0 Å². The second-order valence-corrected chi connectivity index (χ2v) is 9.09. The van der Waals surface area contributed by atoms with Crippen LogP contribution >= 0.6 is 0 Å². The van der Waals surface area contributed by atoms with Crippen molar-refractivity contribution < 1.29 is 9.55 Å². The number of nitrogens with zero attached hydrogens (tertiary/aromatic N) is 2. The van der Waals surface area contributed by atoms with Gasteiger partial charge in [-0.05, 0) is 44.2 Å². The molecule has 38 heavy (non-hydrogen) atoms. The first-order chi connectivity index (χ1) is 18.1. The number of benzene rings is 3. The Morgan fingerprint density at radius 2 is 1.50 bits per heavy atom. The molecule has 4 heteroatoms. The van der Waals surface area contributed by atoms with Crippen LogP contribution in [0.1, 0.15) is 30.7 Å². The van der Waals surface area contributed by atoms with Crippen molar-refractivity contribution in [3.05, 3.63) is 144 Å². The van der Waals surface area contributed by atoms with Gasteiger partial charge in [-0.15, -0.1) is 53.9 Å². The van der Waals surface area contributed by atoms with Crippen molar-refractivity contribution in [3.63, 3.8) is 0 Å². The van der Waals surface area contributed by atoms with E-state index in [2.05, 4.69) is 84.9 Å². The average Bonchev–Trinajstić information content (AvgIpc) is 2.97. The molecule has 0 bridgehead atoms. The van der Waals surface area contributed by atoms with Gasteiger partial charge >= 0.3 is 45.5 Å². The van der Waals surface area contributed by atoms with E-state index in [4.69, 9.17) is 5.26 Å². The third kappa shape index (κ3) is 5.72. The molecule has 6 rings (SSSR count). The first-order valence-electron chi connectivity index (χ1n) is 12.4. The zero-order chi connectivity index (χ0) is 25.8. The molecular weight excluding hydrogens is 538 g/mol. The number of hydrogen-bond acceptors (Lipinski definition) is 1. The molecule has 5 aromatic rings. The number of pyridine rings is 2. The van der Waals surface area contributed by atoms with E-state index in [-0.39, 0.29) is 45.5 Å². The fourth-order valence-electron chi connectivity index (χ4n) is 4.75. The van der Waals surface area contributed by atoms with Crippen LogP contribution < -0.4 is 9.55 Å². The van der Waals surface area contributed by atoms with Crippen molar-refractivity contribution in [2.75, 3.05) is 0 Å². The van der Waals surface area contributed by atoms with Crippen LogP contribution in [-0.4, -0.2) is 45.5 Å². The number of aromatic amines is 1. The van der Waals surface area contributed by atoms with Crippen molar-refractivity contribution in [1.29, 1.82) is 5.26 Å². The molecule has 0 aliphatic carbocycles. The van der Waals surface area contributed by atoms with E-state index in [9.17, 15) is 0 Å². The largest absolute Gasteiger partial charge is 2.00 e. The molecule has 1 aliphatic rings. The van der Waals surface area contributed by atoms with E-state index in [1.807, 2.05) is 66.7 Å². The van der Waals surface area contributed by atoms with E-state index in [1.54, 1.807) is 0 Å². The molecule has 180 valence electrons. The van der Waals surface area contributed by atoms with E-state index >= 15 is 0 Å². The van der Waals surface area contributed by atoms with Gasteiger partial charge in [-0.25, -0.2) is 4.98 Å². The summed E-state index contributed by atoms with van der Waals surface area (Å²) in [6, 6.07) is 43.3. The van der Waals surface area contributed by atoms with Crippen molar-refractivity contribution >= 4 is 45.5 Å². The Kier molecular flexibility index (Phi) is 9.09. The molecule has 0 radical (unpaired) electrons. The number of fused-ring (bicyclic) bond motifs is 3. The molecule has 2 aromatic heterocycles. The van der Waals surface area contributed by atoms with Crippen LogP contribution in [0.15, 0.2) is 109 Å². The fourth-order valence-corrected chi connectivity index (χ4v) is 4.75. The Morgan fingerprint density at radius 3 is 2.24 bits per heavy atom. The molecule has 0 spiro atoms. The second kappa shape index (κ2) is 12.5. The van der Waals surface area contributed by atoms with Gasteiger partial charge in [-0.3, -0.25) is 0 Å². The number of aromatic nitrogens is 2. The van der Waals surface area contributed by atoms with E-state index in [0.29, 0.717) is 5.56 Å². The van der Waals surface area contributed by atoms with Crippen LogP contribution in [0.25, 0.3) is 33.8 Å². The number of aryl methyl sites for hydroxylation is 1. The molecule has 0 saturated heterocycles. The fraction of sp³-hybridized carbons (Fsp3) is 0.0882. The molecule has 0 fully saturated rings. The summed E-state index contributed by atoms with van der Waals surface area (Å²) in [6.45, 7) is 6.56. The van der Waals surface area contributed by atoms with Gasteiger partial charge in [0.25, 0.3) is 0 Å². The van der Waals surface area contributed by atoms with Crippen molar-refractivity contribution in [1.82, 2.24) is 0 Å². The van der Waals surface area contributed by atoms with Gasteiger partial charge < -0.3 is 4.57 Å². The van der Waals surface area contributed by atoms with Crippen molar-refractivity contribution in [2.45, 2.75) is 20.8 Å². The second-order valence-electron chi connectivity index (χ2n) is 9.09. The molecule has 0 amide bonds. The zero-order valence-corrected chi connectivity index (χ0v) is 25.5. The maximum Gasteiger partial charge on any atom is 2.00 e. The van der Waals surface area contributed by atoms with Gasteiger partial charge in [0.2, 0.25) is 5.69 Å². The maximum atomic E-state index is 8.83. The summed E-state index contributed by atoms with van der Waals surface area (Å²) in [6.07, 6.45) is 0. The predicted octanol–water partition coefficient (Wildman–Crippen LogP) is 6.43. The van der Waals surface area contributed by atoms with Crippen LogP contribution in [0.3, 0.4) is 0 Å². The summed E-state index contributed by atoms with van der Waals surface area (Å²) in [4.78, 5) is 3.40. The summed E-state index contributed by atoms with van der Waals surface area (Å²) >= 11 is 0. The van der Waals surface area contributed by atoms with Gasteiger partial charge in [-0.1, -0.05) is 42.8 Å². The zero-order valence-electron chi connectivity index (χ0n) is 22.0. The Labute approximate surface area is 262 Å². The standard InChI is InChI=1S/C18H11N2.C16H16N.Sr/c19-13-14-9-11-16(12-10-14)18-8-4-7-17(20-18)15-5-2-1-3-6-15;1-11-7-6-10-16-15-9-5-4-8-14(15)12(2)13(3)17(11)16;/h1-5,7-12H;4-10H,1-3H3;/q2*-1;+2/p+1. The van der Waals surface area contributed by atoms with Crippen LogP contribution in [0.5, 0.6) is 0 Å². The molecule has 3 nitrogen and oxygen atoms in total. The van der Waals surface area contributed by atoms with Gasteiger partial charge in [-0.2, -0.15) is 16.9 Å². The summed E-state index contributed by atoms with van der Waals surface area (Å²) < 4.78 is 2.34. The average molecular weight is 566 g/mol. The van der Waals surface area contributed by atoms with E-state index < -0.39 is 0 Å². The van der Waals surface area contributed by atoms with Gasteiger partial charge in [0.05, 0.1) is 23.0 Å². The third-order valence-electron chi connectivity index (χ3n) is 6.79. The summed E-state index contributed by atoms with van der Waals surface area (Å²) in [5.74, 6) is 1.37. The summed E-state index contributed by atoms with van der Waals surface area (Å²) in [7, 11) is 0. The number of nitriles is 1. The minimum atomic E-state index is 0. The molecule has 1 aliphatic heterocycles. The summed E-state index contributed by atoms with van der Waals surface area (Å²) in [5, 5.41) is 8.83. The molecule has 0 atom stereocenters. The topological polar surface area (TPSA) is 41.8 Å². The van der Waals surface area contributed by atoms with Crippen molar-refractivity contribution in [2.24, 2.45) is 0 Å². The first kappa shape index (κ1) is 27.7. The Bertz CT molecular complexity index is 1570. The van der Waals surface area contributed by atoms with E-state index in [0.717, 1.165) is 22.5 Å². The molecule has 0 saturated carbocycles. The van der Waals surface area contributed by atoms with Gasteiger partial charge in [0, 0.05) is 17.7 Å². The predicted molar refractivity (Wildman–Crippen MR) is 152 cm³/mol. The quantitative estimate of drug-likeness (QED) is 0.138. The monoisotopic (exact) mass is 566 g/mol. The third-order valence-corrected chi connectivity index (χ3v) is 6.79. The molecule has 1 N–H and O–H groups in total. The summed E-state index contributed by atoms with van der Waals surface area (Å²) in [5.41, 5.74) is 10.1. The first-order valence-corrected chi connectivity index (χ1v) is 12.4. The Hall–Kier alpha value is -3.33. The maximum absolute atomic E-state index is 8.83. The molecular formula is C34H28N3Sr+. The number of rotatable bonds is 2. The number of H-pyrrole nitrogens is 1. The van der Waals surface area contributed by atoms with Crippen molar-refractivity contribution in [3.8, 4) is 39.8 Å². The van der Waals surface area contributed by atoms with Gasteiger partial charge in [0.15, 0.2) is 0 Å². The van der Waals surface area contributed by atoms with Crippen LogP contribution in [-0.2, 0) is 0 Å². The van der Waals surface area contributed by atoms with Crippen LogP contribution in [0.2, 0.25) is 0 Å². The Balaban J connectivity index is 0.000000174. The van der Waals surface area contributed by atoms with Crippen LogP contribution in [0, 0.1) is 36.3 Å². The van der Waals surface area contributed by atoms with E-state index in [1.165, 1.54) is 34.5 Å². The minimum Gasteiger partial charge on any atom is -0.343 e. The minimum absolute atomic E-state index is 0. The molecule has 3 heterocycles.